The third kappa shape index (κ3) is 4.49. The minimum Gasteiger partial charge on any atom is -0.379 e. The molecule has 0 radical (unpaired) electrons. The van der Waals surface area contributed by atoms with Gasteiger partial charge in [0.15, 0.2) is 0 Å². The highest BCUT2D eigenvalue weighted by Crippen LogP contribution is 2.16. The average molecular weight is 215 g/mol. The lowest BCUT2D eigenvalue weighted by molar-refractivity contribution is -0.0399. The van der Waals surface area contributed by atoms with Gasteiger partial charge in [0, 0.05) is 19.8 Å². The number of ether oxygens (including phenoxy) is 2. The van der Waals surface area contributed by atoms with Crippen molar-refractivity contribution in [3.05, 3.63) is 0 Å². The lowest BCUT2D eigenvalue weighted by Gasteiger charge is -2.31. The molecule has 15 heavy (non-hydrogen) atoms. The summed E-state index contributed by atoms with van der Waals surface area (Å²) in [4.78, 5) is 0. The van der Waals surface area contributed by atoms with Gasteiger partial charge in [-0.15, -0.1) is 0 Å². The Balaban J connectivity index is 2.19. The second-order valence-corrected chi connectivity index (χ2v) is 5.01. The molecular formula is C12H25NO2. The molecule has 0 bridgehead atoms. The van der Waals surface area contributed by atoms with Gasteiger partial charge in [-0.05, 0) is 46.6 Å². The second kappa shape index (κ2) is 5.83. The van der Waals surface area contributed by atoms with Gasteiger partial charge in [-0.2, -0.15) is 0 Å². The Hall–Kier alpha value is -0.120. The maximum Gasteiger partial charge on any atom is 0.0725 e. The summed E-state index contributed by atoms with van der Waals surface area (Å²) < 4.78 is 11.2. The highest BCUT2D eigenvalue weighted by atomic mass is 16.5. The van der Waals surface area contributed by atoms with E-state index < -0.39 is 0 Å². The minimum absolute atomic E-state index is 0.0642. The highest BCUT2D eigenvalue weighted by Gasteiger charge is 2.22. The standard InChI is InChI=1S/C12H25NO2/c1-10-11(6-5-8-13-10)15-9-7-12(2,3)14-4/h10-11,13H,5-9H2,1-4H3. The van der Waals surface area contributed by atoms with Crippen LogP contribution in [0.4, 0.5) is 0 Å². The molecule has 1 rings (SSSR count). The quantitative estimate of drug-likeness (QED) is 0.760. The number of rotatable bonds is 5. The molecule has 0 spiro atoms. The van der Waals surface area contributed by atoms with Crippen LogP contribution in [0.2, 0.25) is 0 Å². The van der Waals surface area contributed by atoms with Crippen LogP contribution in [0.1, 0.15) is 40.0 Å². The van der Waals surface area contributed by atoms with Gasteiger partial charge in [0.2, 0.25) is 0 Å². The number of hydrogen-bond acceptors (Lipinski definition) is 3. The van der Waals surface area contributed by atoms with E-state index in [1.165, 1.54) is 12.8 Å². The molecule has 90 valence electrons. The van der Waals surface area contributed by atoms with E-state index in [1.54, 1.807) is 7.11 Å². The van der Waals surface area contributed by atoms with Crippen LogP contribution in [0, 0.1) is 0 Å². The predicted octanol–water partition coefficient (Wildman–Crippen LogP) is 1.96. The van der Waals surface area contributed by atoms with Gasteiger partial charge in [0.05, 0.1) is 11.7 Å². The topological polar surface area (TPSA) is 30.5 Å². The largest absolute Gasteiger partial charge is 0.379 e. The van der Waals surface area contributed by atoms with E-state index in [0.717, 1.165) is 19.6 Å². The van der Waals surface area contributed by atoms with Crippen LogP contribution in [0.3, 0.4) is 0 Å². The van der Waals surface area contributed by atoms with E-state index in [9.17, 15) is 0 Å². The van der Waals surface area contributed by atoms with Crippen molar-refractivity contribution in [3.8, 4) is 0 Å². The highest BCUT2D eigenvalue weighted by molar-refractivity contribution is 4.78. The Morgan fingerprint density at radius 2 is 2.13 bits per heavy atom. The van der Waals surface area contributed by atoms with E-state index in [4.69, 9.17) is 9.47 Å². The van der Waals surface area contributed by atoms with Crippen molar-refractivity contribution in [3.63, 3.8) is 0 Å². The van der Waals surface area contributed by atoms with Gasteiger partial charge in [0.25, 0.3) is 0 Å². The summed E-state index contributed by atoms with van der Waals surface area (Å²) in [6, 6.07) is 0.490. The zero-order chi connectivity index (χ0) is 11.3. The predicted molar refractivity (Wildman–Crippen MR) is 62.1 cm³/mol. The first-order chi connectivity index (χ1) is 7.05. The summed E-state index contributed by atoms with van der Waals surface area (Å²) in [7, 11) is 1.75. The monoisotopic (exact) mass is 215 g/mol. The molecule has 1 N–H and O–H groups in total. The first kappa shape index (κ1) is 12.9. The Morgan fingerprint density at radius 3 is 2.73 bits per heavy atom. The minimum atomic E-state index is -0.0642. The smallest absolute Gasteiger partial charge is 0.0725 e. The summed E-state index contributed by atoms with van der Waals surface area (Å²) in [5.41, 5.74) is -0.0642. The molecule has 1 aliphatic rings. The molecule has 0 aromatic carbocycles. The third-order valence-electron chi connectivity index (χ3n) is 3.28. The normalized spacial score (nSPS) is 28.0. The molecule has 3 heteroatoms. The second-order valence-electron chi connectivity index (χ2n) is 5.01. The summed E-state index contributed by atoms with van der Waals surface area (Å²) >= 11 is 0. The first-order valence-corrected chi connectivity index (χ1v) is 5.95. The Morgan fingerprint density at radius 1 is 1.40 bits per heavy atom. The molecule has 0 aliphatic carbocycles. The number of nitrogens with one attached hydrogen (secondary N) is 1. The van der Waals surface area contributed by atoms with Crippen molar-refractivity contribution in [1.29, 1.82) is 0 Å². The van der Waals surface area contributed by atoms with Crippen molar-refractivity contribution in [1.82, 2.24) is 5.32 Å². The van der Waals surface area contributed by atoms with Gasteiger partial charge in [-0.25, -0.2) is 0 Å². The molecule has 1 heterocycles. The fourth-order valence-electron chi connectivity index (χ4n) is 1.80. The maximum atomic E-state index is 5.89. The zero-order valence-electron chi connectivity index (χ0n) is 10.5. The molecule has 0 aromatic rings. The zero-order valence-corrected chi connectivity index (χ0v) is 10.5. The van der Waals surface area contributed by atoms with Crippen LogP contribution in [0.5, 0.6) is 0 Å². The van der Waals surface area contributed by atoms with Crippen LogP contribution in [0.25, 0.3) is 0 Å². The lowest BCUT2D eigenvalue weighted by atomic mass is 10.0. The fraction of sp³-hybridized carbons (Fsp3) is 1.00. The average Bonchev–Trinajstić information content (AvgIpc) is 2.21. The van der Waals surface area contributed by atoms with Crippen molar-refractivity contribution in [2.24, 2.45) is 0 Å². The maximum absolute atomic E-state index is 5.89. The molecule has 1 saturated heterocycles. The number of methoxy groups -OCH3 is 1. The summed E-state index contributed by atoms with van der Waals surface area (Å²) in [5.74, 6) is 0. The van der Waals surface area contributed by atoms with Gasteiger partial charge in [-0.3, -0.25) is 0 Å². The van der Waals surface area contributed by atoms with Crippen LogP contribution in [0.15, 0.2) is 0 Å². The molecular weight excluding hydrogens is 190 g/mol. The fourth-order valence-corrected chi connectivity index (χ4v) is 1.80. The van der Waals surface area contributed by atoms with E-state index in [2.05, 4.69) is 26.1 Å². The van der Waals surface area contributed by atoms with E-state index in [0.29, 0.717) is 12.1 Å². The van der Waals surface area contributed by atoms with Gasteiger partial charge in [-0.1, -0.05) is 0 Å². The number of hydrogen-bond donors (Lipinski definition) is 1. The van der Waals surface area contributed by atoms with Gasteiger partial charge < -0.3 is 14.8 Å². The van der Waals surface area contributed by atoms with Crippen LogP contribution in [-0.2, 0) is 9.47 Å². The van der Waals surface area contributed by atoms with Crippen molar-refractivity contribution < 1.29 is 9.47 Å². The molecule has 1 fully saturated rings. The SMILES string of the molecule is COC(C)(C)CCOC1CCCNC1C. The Bertz CT molecular complexity index is 182. The van der Waals surface area contributed by atoms with E-state index in [1.807, 2.05) is 0 Å². The lowest BCUT2D eigenvalue weighted by Crippen LogP contribution is -2.44. The Kier molecular flexibility index (Phi) is 5.03. The van der Waals surface area contributed by atoms with E-state index in [-0.39, 0.29) is 5.60 Å². The number of piperidine rings is 1. The molecule has 2 unspecified atom stereocenters. The van der Waals surface area contributed by atoms with E-state index >= 15 is 0 Å². The molecule has 2 atom stereocenters. The molecule has 0 saturated carbocycles. The molecule has 0 aromatic heterocycles. The van der Waals surface area contributed by atoms with Crippen molar-refractivity contribution in [2.45, 2.75) is 57.8 Å². The molecule has 3 nitrogen and oxygen atoms in total. The summed E-state index contributed by atoms with van der Waals surface area (Å²) in [5, 5.41) is 3.44. The van der Waals surface area contributed by atoms with Gasteiger partial charge >= 0.3 is 0 Å². The van der Waals surface area contributed by atoms with Crippen LogP contribution in [-0.4, -0.2) is 38.0 Å². The molecule has 1 aliphatic heterocycles. The summed E-state index contributed by atoms with van der Waals surface area (Å²) in [6.07, 6.45) is 3.74. The van der Waals surface area contributed by atoms with Crippen LogP contribution < -0.4 is 5.32 Å². The van der Waals surface area contributed by atoms with Crippen molar-refractivity contribution >= 4 is 0 Å². The summed E-state index contributed by atoms with van der Waals surface area (Å²) in [6.45, 7) is 8.31. The van der Waals surface area contributed by atoms with Crippen LogP contribution >= 0.6 is 0 Å². The van der Waals surface area contributed by atoms with Gasteiger partial charge in [0.1, 0.15) is 0 Å². The first-order valence-electron chi connectivity index (χ1n) is 5.95. The van der Waals surface area contributed by atoms with Crippen molar-refractivity contribution in [2.75, 3.05) is 20.3 Å². The Labute approximate surface area is 93.5 Å². The third-order valence-corrected chi connectivity index (χ3v) is 3.28. The molecule has 0 amide bonds.